The SMILES string of the molecule is CNc1cc(Nc2ccc(OCCN(C)C)cc2)ncn1. The molecule has 0 saturated heterocycles. The molecule has 1 aromatic heterocycles. The molecule has 1 aromatic carbocycles. The first-order valence-electron chi connectivity index (χ1n) is 6.82. The minimum absolute atomic E-state index is 0.678. The van der Waals surface area contributed by atoms with E-state index in [0.29, 0.717) is 6.61 Å². The van der Waals surface area contributed by atoms with Gasteiger partial charge in [0.2, 0.25) is 0 Å². The molecule has 6 heteroatoms. The van der Waals surface area contributed by atoms with Crippen molar-refractivity contribution in [3.05, 3.63) is 36.7 Å². The molecule has 0 amide bonds. The number of likely N-dealkylation sites (N-methyl/N-ethyl adjacent to an activating group) is 1. The molecule has 0 aliphatic carbocycles. The lowest BCUT2D eigenvalue weighted by Gasteiger charge is -2.11. The van der Waals surface area contributed by atoms with E-state index >= 15 is 0 Å². The van der Waals surface area contributed by atoms with Crippen molar-refractivity contribution < 1.29 is 4.74 Å². The second-order valence-electron chi connectivity index (χ2n) is 4.84. The first kappa shape index (κ1) is 15.1. The molecular weight excluding hydrogens is 266 g/mol. The highest BCUT2D eigenvalue weighted by molar-refractivity contribution is 5.59. The maximum absolute atomic E-state index is 5.65. The summed E-state index contributed by atoms with van der Waals surface area (Å²) >= 11 is 0. The van der Waals surface area contributed by atoms with Crippen LogP contribution >= 0.6 is 0 Å². The Hall–Kier alpha value is -2.34. The summed E-state index contributed by atoms with van der Waals surface area (Å²) in [7, 11) is 5.88. The van der Waals surface area contributed by atoms with Crippen molar-refractivity contribution in [2.45, 2.75) is 0 Å². The summed E-state index contributed by atoms with van der Waals surface area (Å²) in [5, 5.41) is 6.20. The molecule has 1 heterocycles. The van der Waals surface area contributed by atoms with Gasteiger partial charge in [-0.05, 0) is 38.4 Å². The molecule has 0 unspecified atom stereocenters. The van der Waals surface area contributed by atoms with Gasteiger partial charge in [0.25, 0.3) is 0 Å². The van der Waals surface area contributed by atoms with Crippen LogP contribution < -0.4 is 15.4 Å². The number of hydrogen-bond acceptors (Lipinski definition) is 6. The molecule has 0 radical (unpaired) electrons. The minimum Gasteiger partial charge on any atom is -0.492 e. The van der Waals surface area contributed by atoms with Crippen LogP contribution in [0.1, 0.15) is 0 Å². The molecule has 0 spiro atoms. The van der Waals surface area contributed by atoms with Crippen molar-refractivity contribution in [1.82, 2.24) is 14.9 Å². The highest BCUT2D eigenvalue weighted by atomic mass is 16.5. The van der Waals surface area contributed by atoms with Gasteiger partial charge in [0, 0.05) is 25.3 Å². The van der Waals surface area contributed by atoms with Gasteiger partial charge in [-0.25, -0.2) is 9.97 Å². The van der Waals surface area contributed by atoms with Gasteiger partial charge >= 0.3 is 0 Å². The van der Waals surface area contributed by atoms with Crippen molar-refractivity contribution in [3.8, 4) is 5.75 Å². The number of nitrogens with one attached hydrogen (secondary N) is 2. The monoisotopic (exact) mass is 287 g/mol. The van der Waals surface area contributed by atoms with E-state index in [1.807, 2.05) is 51.5 Å². The number of nitrogens with zero attached hydrogens (tertiary/aromatic N) is 3. The number of ether oxygens (including phenoxy) is 1. The molecule has 0 saturated carbocycles. The fourth-order valence-electron chi connectivity index (χ4n) is 1.69. The van der Waals surface area contributed by atoms with E-state index in [9.17, 15) is 0 Å². The molecular formula is C15H21N5O. The molecule has 0 fully saturated rings. The molecule has 6 nitrogen and oxygen atoms in total. The maximum Gasteiger partial charge on any atom is 0.135 e. The van der Waals surface area contributed by atoms with Crippen LogP contribution in [0.5, 0.6) is 5.75 Å². The zero-order chi connectivity index (χ0) is 15.1. The lowest BCUT2D eigenvalue weighted by molar-refractivity contribution is 0.261. The highest BCUT2D eigenvalue weighted by Gasteiger charge is 2.00. The summed E-state index contributed by atoms with van der Waals surface area (Å²) in [6, 6.07) is 9.66. The van der Waals surface area contributed by atoms with E-state index in [1.165, 1.54) is 6.33 Å². The van der Waals surface area contributed by atoms with Gasteiger partial charge in [-0.2, -0.15) is 0 Å². The number of benzene rings is 1. The Labute approximate surface area is 125 Å². The Kier molecular flexibility index (Phi) is 5.34. The lowest BCUT2D eigenvalue weighted by atomic mass is 10.3. The van der Waals surface area contributed by atoms with Crippen molar-refractivity contribution in [3.63, 3.8) is 0 Å². The minimum atomic E-state index is 0.678. The summed E-state index contributed by atoms with van der Waals surface area (Å²) in [5.41, 5.74) is 0.954. The van der Waals surface area contributed by atoms with Gasteiger partial charge < -0.3 is 20.3 Å². The van der Waals surface area contributed by atoms with Crippen LogP contribution in [-0.4, -0.2) is 49.2 Å². The topological polar surface area (TPSA) is 62.3 Å². The molecule has 2 aromatic rings. The quantitative estimate of drug-likeness (QED) is 0.814. The Morgan fingerprint density at radius 3 is 2.48 bits per heavy atom. The van der Waals surface area contributed by atoms with Gasteiger partial charge in [0.15, 0.2) is 0 Å². The van der Waals surface area contributed by atoms with Crippen molar-refractivity contribution in [1.29, 1.82) is 0 Å². The molecule has 2 N–H and O–H groups in total. The van der Waals surface area contributed by atoms with Crippen LogP contribution in [0, 0.1) is 0 Å². The van der Waals surface area contributed by atoms with Crippen LogP contribution in [-0.2, 0) is 0 Å². The predicted octanol–water partition coefficient (Wildman–Crippen LogP) is 2.20. The van der Waals surface area contributed by atoms with Gasteiger partial charge in [-0.1, -0.05) is 0 Å². The lowest BCUT2D eigenvalue weighted by Crippen LogP contribution is -2.19. The van der Waals surface area contributed by atoms with E-state index in [-0.39, 0.29) is 0 Å². The summed E-state index contributed by atoms with van der Waals surface area (Å²) in [6.07, 6.45) is 1.52. The fourth-order valence-corrected chi connectivity index (χ4v) is 1.69. The second kappa shape index (κ2) is 7.44. The predicted molar refractivity (Wildman–Crippen MR) is 85.4 cm³/mol. The van der Waals surface area contributed by atoms with E-state index < -0.39 is 0 Å². The zero-order valence-electron chi connectivity index (χ0n) is 12.6. The second-order valence-corrected chi connectivity index (χ2v) is 4.84. The summed E-state index contributed by atoms with van der Waals surface area (Å²) in [4.78, 5) is 10.3. The Morgan fingerprint density at radius 2 is 1.81 bits per heavy atom. The summed E-state index contributed by atoms with van der Waals surface area (Å²) < 4.78 is 5.65. The number of hydrogen-bond donors (Lipinski definition) is 2. The molecule has 0 aliphatic heterocycles. The largest absolute Gasteiger partial charge is 0.492 e. The van der Waals surface area contributed by atoms with Gasteiger partial charge in [-0.3, -0.25) is 0 Å². The van der Waals surface area contributed by atoms with Gasteiger partial charge in [-0.15, -0.1) is 0 Å². The molecule has 0 bridgehead atoms. The molecule has 112 valence electrons. The maximum atomic E-state index is 5.65. The zero-order valence-corrected chi connectivity index (χ0v) is 12.6. The number of anilines is 3. The third kappa shape index (κ3) is 4.92. The Morgan fingerprint density at radius 1 is 1.10 bits per heavy atom. The fraction of sp³-hybridized carbons (Fsp3) is 0.333. The summed E-state index contributed by atoms with van der Waals surface area (Å²) in [6.45, 7) is 1.57. The molecule has 2 rings (SSSR count). The summed E-state index contributed by atoms with van der Waals surface area (Å²) in [5.74, 6) is 2.38. The first-order chi connectivity index (χ1) is 10.2. The van der Waals surface area contributed by atoms with Gasteiger partial charge in [0.1, 0.15) is 30.3 Å². The van der Waals surface area contributed by atoms with E-state index in [2.05, 4.69) is 25.5 Å². The third-order valence-electron chi connectivity index (χ3n) is 2.86. The van der Waals surface area contributed by atoms with E-state index in [4.69, 9.17) is 4.74 Å². The Balaban J connectivity index is 1.92. The van der Waals surface area contributed by atoms with Crippen LogP contribution in [0.4, 0.5) is 17.3 Å². The van der Waals surface area contributed by atoms with Gasteiger partial charge in [0.05, 0.1) is 0 Å². The normalized spacial score (nSPS) is 10.5. The number of aromatic nitrogens is 2. The Bertz CT molecular complexity index is 556. The average molecular weight is 287 g/mol. The first-order valence-corrected chi connectivity index (χ1v) is 6.82. The smallest absolute Gasteiger partial charge is 0.135 e. The van der Waals surface area contributed by atoms with Crippen molar-refractivity contribution in [2.75, 3.05) is 44.9 Å². The van der Waals surface area contributed by atoms with Crippen molar-refractivity contribution in [2.24, 2.45) is 0 Å². The third-order valence-corrected chi connectivity index (χ3v) is 2.86. The molecule has 0 atom stereocenters. The molecule has 0 aliphatic rings. The van der Waals surface area contributed by atoms with Crippen LogP contribution in [0.2, 0.25) is 0 Å². The number of rotatable bonds is 7. The van der Waals surface area contributed by atoms with Crippen molar-refractivity contribution >= 4 is 17.3 Å². The van der Waals surface area contributed by atoms with E-state index in [0.717, 1.165) is 29.6 Å². The highest BCUT2D eigenvalue weighted by Crippen LogP contribution is 2.19. The average Bonchev–Trinajstić information content (AvgIpc) is 2.49. The van der Waals surface area contributed by atoms with Crippen LogP contribution in [0.15, 0.2) is 36.7 Å². The standard InChI is InChI=1S/C15H21N5O/c1-16-14-10-15(18-11-17-14)19-12-4-6-13(7-5-12)21-9-8-20(2)3/h4-7,10-11H,8-9H2,1-3H3,(H2,16,17,18,19). The van der Waals surface area contributed by atoms with Crippen LogP contribution in [0.25, 0.3) is 0 Å². The van der Waals surface area contributed by atoms with E-state index in [1.54, 1.807) is 0 Å². The van der Waals surface area contributed by atoms with Crippen LogP contribution in [0.3, 0.4) is 0 Å². The molecule has 21 heavy (non-hydrogen) atoms.